The van der Waals surface area contributed by atoms with Crippen LogP contribution in [-0.2, 0) is 5.67 Å². The summed E-state index contributed by atoms with van der Waals surface area (Å²) in [7, 11) is 0. The molecule has 1 amide bonds. The van der Waals surface area contributed by atoms with Crippen molar-refractivity contribution in [2.24, 2.45) is 5.92 Å². The van der Waals surface area contributed by atoms with E-state index in [2.05, 4.69) is 5.32 Å². The van der Waals surface area contributed by atoms with E-state index < -0.39 is 5.67 Å². The number of carbonyl (C=O) groups excluding carboxylic acids is 1. The number of rotatable bonds is 5. The van der Waals surface area contributed by atoms with Gasteiger partial charge >= 0.3 is 0 Å². The third-order valence-electron chi connectivity index (χ3n) is 5.72. The lowest BCUT2D eigenvalue weighted by Crippen LogP contribution is -2.41. The summed E-state index contributed by atoms with van der Waals surface area (Å²) in [6, 6.07) is 18.8. The zero-order chi connectivity index (χ0) is 18.0. The molecule has 2 fully saturated rings. The van der Waals surface area contributed by atoms with Crippen LogP contribution in [0, 0.1) is 5.92 Å². The van der Waals surface area contributed by atoms with Gasteiger partial charge in [-0.25, -0.2) is 4.39 Å². The number of alkyl halides is 1. The van der Waals surface area contributed by atoms with E-state index in [1.807, 2.05) is 65.6 Å². The Morgan fingerprint density at radius 3 is 2.31 bits per heavy atom. The molecule has 0 spiro atoms. The normalized spacial score (nSPS) is 25.9. The Balaban J connectivity index is 1.23. The van der Waals surface area contributed by atoms with Gasteiger partial charge in [0.2, 0.25) is 0 Å². The van der Waals surface area contributed by atoms with Crippen molar-refractivity contribution in [1.82, 2.24) is 10.2 Å². The summed E-state index contributed by atoms with van der Waals surface area (Å²) in [4.78, 5) is 14.4. The molecule has 2 unspecified atom stereocenters. The van der Waals surface area contributed by atoms with Crippen LogP contribution in [0.25, 0.3) is 0 Å². The molecule has 2 aliphatic rings. The molecule has 136 valence electrons. The summed E-state index contributed by atoms with van der Waals surface area (Å²) in [5.74, 6) is 0.626. The number of carbonyl (C=O) groups is 1. The summed E-state index contributed by atoms with van der Waals surface area (Å²) in [5.41, 5.74) is 0.332. The average Bonchev–Trinajstić information content (AvgIpc) is 3.39. The number of likely N-dealkylation sites (tertiary alicyclic amines) is 1. The molecule has 2 aromatic rings. The van der Waals surface area contributed by atoms with Gasteiger partial charge in [-0.1, -0.05) is 48.5 Å². The third-order valence-corrected chi connectivity index (χ3v) is 5.72. The van der Waals surface area contributed by atoms with Gasteiger partial charge in [-0.15, -0.1) is 0 Å². The maximum absolute atomic E-state index is 14.9. The van der Waals surface area contributed by atoms with Crippen molar-refractivity contribution in [3.05, 3.63) is 71.8 Å². The van der Waals surface area contributed by atoms with Gasteiger partial charge in [0.15, 0.2) is 5.67 Å². The highest BCUT2D eigenvalue weighted by molar-refractivity contribution is 5.94. The van der Waals surface area contributed by atoms with Crippen LogP contribution in [-0.4, -0.2) is 36.5 Å². The van der Waals surface area contributed by atoms with E-state index in [0.717, 1.165) is 43.6 Å². The third kappa shape index (κ3) is 3.51. The second-order valence-corrected chi connectivity index (χ2v) is 7.50. The van der Waals surface area contributed by atoms with Crippen LogP contribution in [0.3, 0.4) is 0 Å². The predicted molar refractivity (Wildman–Crippen MR) is 101 cm³/mol. The largest absolute Gasteiger partial charge is 0.339 e. The van der Waals surface area contributed by atoms with Crippen LogP contribution in [0.1, 0.15) is 35.2 Å². The van der Waals surface area contributed by atoms with Gasteiger partial charge in [0, 0.05) is 31.1 Å². The lowest BCUT2D eigenvalue weighted by molar-refractivity contribution is 0.0689. The van der Waals surface area contributed by atoms with Gasteiger partial charge in [0.1, 0.15) is 0 Å². The fourth-order valence-corrected chi connectivity index (χ4v) is 3.92. The number of amides is 1. The fourth-order valence-electron chi connectivity index (χ4n) is 3.92. The minimum Gasteiger partial charge on any atom is -0.339 e. The van der Waals surface area contributed by atoms with Crippen LogP contribution < -0.4 is 5.32 Å². The number of nitrogens with one attached hydrogen (secondary N) is 1. The van der Waals surface area contributed by atoms with E-state index in [1.54, 1.807) is 0 Å². The van der Waals surface area contributed by atoms with E-state index in [-0.39, 0.29) is 11.9 Å². The van der Waals surface area contributed by atoms with Crippen LogP contribution in [0.15, 0.2) is 60.7 Å². The molecule has 2 atom stereocenters. The van der Waals surface area contributed by atoms with Gasteiger partial charge in [-0.05, 0) is 43.0 Å². The minimum absolute atomic E-state index is 0.0751. The van der Waals surface area contributed by atoms with Crippen molar-refractivity contribution >= 4 is 5.91 Å². The molecule has 4 rings (SSSR count). The summed E-state index contributed by atoms with van der Waals surface area (Å²) in [5, 5.41) is 3.41. The van der Waals surface area contributed by atoms with Gasteiger partial charge < -0.3 is 10.2 Å². The second kappa shape index (κ2) is 7.20. The highest BCUT2D eigenvalue weighted by atomic mass is 19.1. The van der Waals surface area contributed by atoms with Crippen molar-refractivity contribution < 1.29 is 9.18 Å². The molecule has 1 saturated heterocycles. The van der Waals surface area contributed by atoms with E-state index in [9.17, 15) is 9.18 Å². The molecule has 1 aliphatic heterocycles. The highest BCUT2D eigenvalue weighted by Crippen LogP contribution is 2.49. The number of halogens is 1. The topological polar surface area (TPSA) is 32.3 Å². The van der Waals surface area contributed by atoms with E-state index in [1.165, 1.54) is 0 Å². The molecule has 1 aliphatic carbocycles. The minimum atomic E-state index is -1.20. The molecule has 0 radical (unpaired) electrons. The quantitative estimate of drug-likeness (QED) is 0.888. The maximum Gasteiger partial charge on any atom is 0.253 e. The summed E-state index contributed by atoms with van der Waals surface area (Å²) >= 11 is 0. The zero-order valence-corrected chi connectivity index (χ0v) is 14.9. The molecule has 26 heavy (non-hydrogen) atoms. The Morgan fingerprint density at radius 2 is 1.65 bits per heavy atom. The molecule has 0 aromatic heterocycles. The first-order valence-corrected chi connectivity index (χ1v) is 9.49. The van der Waals surface area contributed by atoms with Crippen molar-refractivity contribution in [2.45, 2.75) is 31.0 Å². The van der Waals surface area contributed by atoms with Gasteiger partial charge in [-0.2, -0.15) is 0 Å². The van der Waals surface area contributed by atoms with Crippen molar-refractivity contribution in [3.8, 4) is 0 Å². The van der Waals surface area contributed by atoms with Crippen LogP contribution in [0.5, 0.6) is 0 Å². The molecule has 3 nitrogen and oxygen atoms in total. The van der Waals surface area contributed by atoms with Gasteiger partial charge in [0.05, 0.1) is 0 Å². The average molecular weight is 352 g/mol. The Labute approximate surface area is 154 Å². The van der Waals surface area contributed by atoms with Crippen LogP contribution in [0.4, 0.5) is 4.39 Å². The Morgan fingerprint density at radius 1 is 1.04 bits per heavy atom. The number of hydrogen-bond donors (Lipinski definition) is 1. The van der Waals surface area contributed by atoms with E-state index in [4.69, 9.17) is 0 Å². The highest BCUT2D eigenvalue weighted by Gasteiger charge is 2.56. The van der Waals surface area contributed by atoms with Crippen molar-refractivity contribution in [2.75, 3.05) is 19.6 Å². The first-order valence-electron chi connectivity index (χ1n) is 9.49. The summed E-state index contributed by atoms with van der Waals surface area (Å²) < 4.78 is 14.9. The lowest BCUT2D eigenvalue weighted by Gasteiger charge is -2.32. The Bertz CT molecular complexity index is 743. The standard InChI is InChI=1S/C22H25FN2O/c23-22(19-9-5-2-6-10-19)15-20(22)24-16-17-11-13-25(14-12-17)21(26)18-7-3-1-4-8-18/h1-10,17,20,24H,11-16H2. The van der Waals surface area contributed by atoms with E-state index in [0.29, 0.717) is 12.3 Å². The first kappa shape index (κ1) is 17.2. The monoisotopic (exact) mass is 352 g/mol. The fraction of sp³-hybridized carbons (Fsp3) is 0.409. The zero-order valence-electron chi connectivity index (χ0n) is 14.9. The molecule has 1 N–H and O–H groups in total. The molecule has 2 aromatic carbocycles. The molecule has 0 bridgehead atoms. The summed E-state index contributed by atoms with van der Waals surface area (Å²) in [6.07, 6.45) is 2.51. The number of hydrogen-bond acceptors (Lipinski definition) is 2. The molecular formula is C22H25FN2O. The number of nitrogens with zero attached hydrogens (tertiary/aromatic N) is 1. The Hall–Kier alpha value is -2.20. The van der Waals surface area contributed by atoms with Crippen LogP contribution in [0.2, 0.25) is 0 Å². The lowest BCUT2D eigenvalue weighted by atomic mass is 9.96. The predicted octanol–water partition coefficient (Wildman–Crippen LogP) is 3.77. The second-order valence-electron chi connectivity index (χ2n) is 7.50. The van der Waals surface area contributed by atoms with Crippen molar-refractivity contribution in [3.63, 3.8) is 0 Å². The van der Waals surface area contributed by atoms with Gasteiger partial charge in [-0.3, -0.25) is 4.79 Å². The summed E-state index contributed by atoms with van der Waals surface area (Å²) in [6.45, 7) is 2.39. The smallest absolute Gasteiger partial charge is 0.253 e. The number of piperidine rings is 1. The van der Waals surface area contributed by atoms with E-state index >= 15 is 0 Å². The van der Waals surface area contributed by atoms with Crippen LogP contribution >= 0.6 is 0 Å². The molecular weight excluding hydrogens is 327 g/mol. The molecule has 1 saturated carbocycles. The Kier molecular flexibility index (Phi) is 4.77. The van der Waals surface area contributed by atoms with Crippen molar-refractivity contribution in [1.29, 1.82) is 0 Å². The first-order chi connectivity index (χ1) is 12.7. The molecule has 1 heterocycles. The maximum atomic E-state index is 14.9. The SMILES string of the molecule is O=C(c1ccccc1)N1CCC(CNC2CC2(F)c2ccccc2)CC1. The number of benzene rings is 2. The van der Waals surface area contributed by atoms with Gasteiger partial charge in [0.25, 0.3) is 5.91 Å². The molecule has 4 heteroatoms.